The van der Waals surface area contributed by atoms with Gasteiger partial charge in [0.25, 0.3) is 0 Å². The first kappa shape index (κ1) is 16.2. The Labute approximate surface area is 117 Å². The zero-order chi connectivity index (χ0) is 14.6. The van der Waals surface area contributed by atoms with Crippen LogP contribution in [0.5, 0.6) is 0 Å². The number of piperidine rings is 1. The summed E-state index contributed by atoms with van der Waals surface area (Å²) in [6.07, 6.45) is 3.97. The van der Waals surface area contributed by atoms with E-state index < -0.39 is 0 Å². The van der Waals surface area contributed by atoms with Gasteiger partial charge in [-0.2, -0.15) is 0 Å². The topological polar surface area (TPSA) is 37.4 Å². The number of hydrogen-bond acceptors (Lipinski definition) is 2. The maximum atomic E-state index is 12.4. The van der Waals surface area contributed by atoms with Crippen molar-refractivity contribution in [3.05, 3.63) is 0 Å². The number of hydrogen-bond donors (Lipinski definition) is 0. The molecule has 2 atom stereocenters. The predicted octanol–water partition coefficient (Wildman–Crippen LogP) is 3.28. The van der Waals surface area contributed by atoms with Crippen molar-refractivity contribution in [2.75, 3.05) is 13.1 Å². The molecular formula is C16H29NO2. The highest BCUT2D eigenvalue weighted by molar-refractivity contribution is 5.85. The highest BCUT2D eigenvalue weighted by Crippen LogP contribution is 2.25. The number of rotatable bonds is 4. The number of likely N-dealkylation sites (tertiary alicyclic amines) is 1. The van der Waals surface area contributed by atoms with Crippen LogP contribution in [0.3, 0.4) is 0 Å². The van der Waals surface area contributed by atoms with E-state index in [1.165, 1.54) is 6.42 Å². The van der Waals surface area contributed by atoms with Gasteiger partial charge in [-0.15, -0.1) is 0 Å². The molecule has 1 aliphatic heterocycles. The van der Waals surface area contributed by atoms with Gasteiger partial charge in [0.1, 0.15) is 5.78 Å². The fraction of sp³-hybridized carbons (Fsp3) is 0.875. The summed E-state index contributed by atoms with van der Waals surface area (Å²) in [5, 5.41) is 0. The van der Waals surface area contributed by atoms with Crippen LogP contribution < -0.4 is 0 Å². The molecule has 1 aliphatic rings. The molecule has 0 aromatic rings. The molecule has 1 amide bonds. The molecule has 3 nitrogen and oxygen atoms in total. The second-order valence-electron chi connectivity index (χ2n) is 7.03. The zero-order valence-electron chi connectivity index (χ0n) is 13.2. The summed E-state index contributed by atoms with van der Waals surface area (Å²) in [5.41, 5.74) is -0.303. The fourth-order valence-electron chi connectivity index (χ4n) is 2.42. The first-order valence-corrected chi connectivity index (χ1v) is 7.55. The van der Waals surface area contributed by atoms with Gasteiger partial charge in [0.15, 0.2) is 0 Å². The first-order chi connectivity index (χ1) is 8.73. The van der Waals surface area contributed by atoms with Crippen LogP contribution in [-0.4, -0.2) is 29.7 Å². The molecule has 0 aromatic carbocycles. The minimum atomic E-state index is -0.303. The summed E-state index contributed by atoms with van der Waals surface area (Å²) in [4.78, 5) is 26.4. The Morgan fingerprint density at radius 1 is 1.05 bits per heavy atom. The Bertz CT molecular complexity index is 324. The molecule has 1 saturated heterocycles. The van der Waals surface area contributed by atoms with E-state index in [-0.39, 0.29) is 28.9 Å². The SMILES string of the molecule is CC(CC(=O)C(C)(C)C)C(C)C(=O)N1CCCCC1. The van der Waals surface area contributed by atoms with Crippen LogP contribution in [0, 0.1) is 17.3 Å². The molecule has 19 heavy (non-hydrogen) atoms. The third-order valence-electron chi connectivity index (χ3n) is 4.25. The van der Waals surface area contributed by atoms with Crippen molar-refractivity contribution in [3.63, 3.8) is 0 Å². The van der Waals surface area contributed by atoms with E-state index in [0.29, 0.717) is 6.42 Å². The van der Waals surface area contributed by atoms with Gasteiger partial charge in [-0.05, 0) is 25.2 Å². The molecule has 1 heterocycles. The Hall–Kier alpha value is -0.860. The lowest BCUT2D eigenvalue weighted by atomic mass is 9.81. The van der Waals surface area contributed by atoms with Gasteiger partial charge in [0.05, 0.1) is 0 Å². The number of Topliss-reactive ketones (excluding diaryl/α,β-unsaturated/α-hetero) is 1. The van der Waals surface area contributed by atoms with Crippen LogP contribution in [0.1, 0.15) is 60.3 Å². The summed E-state index contributed by atoms with van der Waals surface area (Å²) >= 11 is 0. The molecule has 0 spiro atoms. The number of nitrogens with zero attached hydrogens (tertiary/aromatic N) is 1. The van der Waals surface area contributed by atoms with Crippen LogP contribution >= 0.6 is 0 Å². The van der Waals surface area contributed by atoms with Gasteiger partial charge in [0.2, 0.25) is 5.91 Å². The Morgan fingerprint density at radius 3 is 2.05 bits per heavy atom. The lowest BCUT2D eigenvalue weighted by molar-refractivity contribution is -0.138. The lowest BCUT2D eigenvalue weighted by Crippen LogP contribution is -2.41. The largest absolute Gasteiger partial charge is 0.342 e. The lowest BCUT2D eigenvalue weighted by Gasteiger charge is -2.31. The number of ketones is 1. The van der Waals surface area contributed by atoms with Gasteiger partial charge in [-0.25, -0.2) is 0 Å². The molecule has 3 heteroatoms. The van der Waals surface area contributed by atoms with E-state index >= 15 is 0 Å². The fourth-order valence-corrected chi connectivity index (χ4v) is 2.42. The van der Waals surface area contributed by atoms with Gasteiger partial charge in [-0.1, -0.05) is 34.6 Å². The average molecular weight is 267 g/mol. The van der Waals surface area contributed by atoms with Crippen molar-refractivity contribution in [2.24, 2.45) is 17.3 Å². The highest BCUT2D eigenvalue weighted by atomic mass is 16.2. The molecule has 110 valence electrons. The predicted molar refractivity (Wildman–Crippen MR) is 77.8 cm³/mol. The van der Waals surface area contributed by atoms with Crippen LogP contribution in [-0.2, 0) is 9.59 Å². The summed E-state index contributed by atoms with van der Waals surface area (Å²) in [6, 6.07) is 0. The summed E-state index contributed by atoms with van der Waals surface area (Å²) in [5.74, 6) is 0.553. The zero-order valence-corrected chi connectivity index (χ0v) is 13.2. The van der Waals surface area contributed by atoms with E-state index in [4.69, 9.17) is 0 Å². The quantitative estimate of drug-likeness (QED) is 0.784. The second kappa shape index (κ2) is 6.53. The Balaban J connectivity index is 2.53. The van der Waals surface area contributed by atoms with E-state index in [1.54, 1.807) is 0 Å². The maximum absolute atomic E-state index is 12.4. The molecule has 2 unspecified atom stereocenters. The first-order valence-electron chi connectivity index (χ1n) is 7.55. The number of amides is 1. The van der Waals surface area contributed by atoms with Gasteiger partial charge in [0, 0.05) is 30.8 Å². The van der Waals surface area contributed by atoms with Crippen molar-refractivity contribution < 1.29 is 9.59 Å². The van der Waals surface area contributed by atoms with Crippen LogP contribution in [0.4, 0.5) is 0 Å². The molecule has 0 saturated carbocycles. The molecule has 0 radical (unpaired) electrons. The Morgan fingerprint density at radius 2 is 1.58 bits per heavy atom. The van der Waals surface area contributed by atoms with Crippen molar-refractivity contribution >= 4 is 11.7 Å². The maximum Gasteiger partial charge on any atom is 0.225 e. The summed E-state index contributed by atoms with van der Waals surface area (Å²) in [7, 11) is 0. The minimum absolute atomic E-state index is 0.0515. The van der Waals surface area contributed by atoms with Crippen molar-refractivity contribution in [1.29, 1.82) is 0 Å². The normalized spacial score (nSPS) is 19.9. The third-order valence-corrected chi connectivity index (χ3v) is 4.25. The third kappa shape index (κ3) is 4.63. The van der Waals surface area contributed by atoms with Crippen LogP contribution in [0.15, 0.2) is 0 Å². The molecule has 1 rings (SSSR count). The van der Waals surface area contributed by atoms with Crippen LogP contribution in [0.25, 0.3) is 0 Å². The molecule has 0 aromatic heterocycles. The second-order valence-corrected chi connectivity index (χ2v) is 7.03. The molecular weight excluding hydrogens is 238 g/mol. The van der Waals surface area contributed by atoms with Gasteiger partial charge in [-0.3, -0.25) is 9.59 Å². The molecule has 0 bridgehead atoms. The van der Waals surface area contributed by atoms with Crippen molar-refractivity contribution in [2.45, 2.75) is 60.3 Å². The van der Waals surface area contributed by atoms with E-state index in [9.17, 15) is 9.59 Å². The van der Waals surface area contributed by atoms with Crippen LogP contribution in [0.2, 0.25) is 0 Å². The highest BCUT2D eigenvalue weighted by Gasteiger charge is 2.30. The number of carbonyl (C=O) groups is 2. The smallest absolute Gasteiger partial charge is 0.225 e. The van der Waals surface area contributed by atoms with E-state index in [0.717, 1.165) is 25.9 Å². The van der Waals surface area contributed by atoms with E-state index in [2.05, 4.69) is 0 Å². The average Bonchev–Trinajstić information content (AvgIpc) is 2.36. The number of carbonyl (C=O) groups excluding carboxylic acids is 2. The molecule has 0 aliphatic carbocycles. The Kier molecular flexibility index (Phi) is 5.57. The summed E-state index contributed by atoms with van der Waals surface area (Å²) < 4.78 is 0. The van der Waals surface area contributed by atoms with Crippen molar-refractivity contribution in [1.82, 2.24) is 4.90 Å². The van der Waals surface area contributed by atoms with Crippen molar-refractivity contribution in [3.8, 4) is 0 Å². The molecule has 1 fully saturated rings. The molecule has 0 N–H and O–H groups in total. The summed E-state index contributed by atoms with van der Waals surface area (Å²) in [6.45, 7) is 11.6. The monoisotopic (exact) mass is 267 g/mol. The van der Waals surface area contributed by atoms with E-state index in [1.807, 2.05) is 39.5 Å². The van der Waals surface area contributed by atoms with Gasteiger partial charge >= 0.3 is 0 Å². The van der Waals surface area contributed by atoms with Gasteiger partial charge < -0.3 is 4.90 Å². The standard InChI is InChI=1S/C16H29NO2/c1-12(11-14(18)16(3,4)5)13(2)15(19)17-9-7-6-8-10-17/h12-13H,6-11H2,1-5H3. The minimum Gasteiger partial charge on any atom is -0.342 e.